The molecule has 104 valence electrons. The molecule has 2 N–H and O–H groups in total. The van der Waals surface area contributed by atoms with Crippen molar-refractivity contribution in [3.05, 3.63) is 44.4 Å². The number of nitrogens with zero attached hydrogens (tertiary/aromatic N) is 1. The van der Waals surface area contributed by atoms with Crippen molar-refractivity contribution in [3.63, 3.8) is 0 Å². The zero-order valence-corrected chi connectivity index (χ0v) is 12.3. The fourth-order valence-corrected chi connectivity index (χ4v) is 2.59. The molecule has 0 unspecified atom stereocenters. The molecule has 20 heavy (non-hydrogen) atoms. The Morgan fingerprint density at radius 2 is 2.05 bits per heavy atom. The minimum absolute atomic E-state index is 0.0481. The minimum atomic E-state index is -1.14. The first-order chi connectivity index (χ1) is 9.38. The molecule has 2 aromatic rings. The van der Waals surface area contributed by atoms with Gasteiger partial charge in [0.1, 0.15) is 4.88 Å². The molecule has 0 aliphatic heterocycles. The van der Waals surface area contributed by atoms with Gasteiger partial charge in [-0.1, -0.05) is 11.6 Å². The number of nitrogens with one attached hydrogen (secondary N) is 1. The van der Waals surface area contributed by atoms with Crippen molar-refractivity contribution in [2.24, 2.45) is 0 Å². The van der Waals surface area contributed by atoms with E-state index in [0.717, 1.165) is 5.01 Å². The Balaban J connectivity index is 2.31. The lowest BCUT2D eigenvalue weighted by Gasteiger charge is -2.09. The number of rotatable bonds is 3. The summed E-state index contributed by atoms with van der Waals surface area (Å²) in [4.78, 5) is 27.5. The van der Waals surface area contributed by atoms with Crippen LogP contribution in [0.4, 0.5) is 5.69 Å². The van der Waals surface area contributed by atoms with Gasteiger partial charge in [0.25, 0.3) is 5.91 Å². The molecule has 0 fully saturated rings. The number of carbonyl (C=O) groups is 2. The molecule has 0 aliphatic rings. The third-order valence-corrected chi connectivity index (χ3v) is 3.86. The monoisotopic (exact) mass is 310 g/mol. The van der Waals surface area contributed by atoms with Crippen molar-refractivity contribution >= 4 is 40.5 Å². The van der Waals surface area contributed by atoms with E-state index in [-0.39, 0.29) is 16.5 Å². The van der Waals surface area contributed by atoms with Gasteiger partial charge >= 0.3 is 5.97 Å². The van der Waals surface area contributed by atoms with E-state index in [2.05, 4.69) is 10.3 Å². The van der Waals surface area contributed by atoms with E-state index in [1.54, 1.807) is 13.8 Å². The molecule has 2 rings (SSSR count). The molecule has 7 heteroatoms. The molecule has 0 saturated carbocycles. The van der Waals surface area contributed by atoms with Gasteiger partial charge < -0.3 is 10.4 Å². The van der Waals surface area contributed by atoms with E-state index >= 15 is 0 Å². The SMILES string of the molecule is Cc1ncc(C(=O)Nc2cc(C(=O)O)c(Cl)cc2C)s1. The van der Waals surface area contributed by atoms with E-state index in [1.165, 1.54) is 29.7 Å². The van der Waals surface area contributed by atoms with Gasteiger partial charge in [-0.05, 0) is 31.5 Å². The molecule has 1 heterocycles. The van der Waals surface area contributed by atoms with Crippen LogP contribution in [0.2, 0.25) is 5.02 Å². The summed E-state index contributed by atoms with van der Waals surface area (Å²) in [7, 11) is 0. The third kappa shape index (κ3) is 2.97. The average Bonchev–Trinajstić information content (AvgIpc) is 2.79. The van der Waals surface area contributed by atoms with Gasteiger partial charge in [-0.2, -0.15) is 0 Å². The molecule has 1 aromatic heterocycles. The highest BCUT2D eigenvalue weighted by Gasteiger charge is 2.15. The maximum Gasteiger partial charge on any atom is 0.337 e. The van der Waals surface area contributed by atoms with E-state index < -0.39 is 5.97 Å². The molecule has 1 amide bonds. The summed E-state index contributed by atoms with van der Waals surface area (Å²) in [5.41, 5.74) is 1.06. The zero-order chi connectivity index (χ0) is 14.9. The van der Waals surface area contributed by atoms with Crippen LogP contribution in [0.15, 0.2) is 18.3 Å². The highest BCUT2D eigenvalue weighted by molar-refractivity contribution is 7.13. The Kier molecular flexibility index (Phi) is 4.06. The topological polar surface area (TPSA) is 79.3 Å². The van der Waals surface area contributed by atoms with Crippen LogP contribution in [-0.4, -0.2) is 22.0 Å². The molecule has 0 spiro atoms. The van der Waals surface area contributed by atoms with Crippen molar-refractivity contribution < 1.29 is 14.7 Å². The van der Waals surface area contributed by atoms with Gasteiger partial charge in [0, 0.05) is 5.69 Å². The van der Waals surface area contributed by atoms with Gasteiger partial charge in [-0.15, -0.1) is 11.3 Å². The number of thiazole rings is 1. The number of aromatic carboxylic acids is 1. The number of benzene rings is 1. The summed E-state index contributed by atoms with van der Waals surface area (Å²) in [6.07, 6.45) is 1.48. The molecule has 0 bridgehead atoms. The summed E-state index contributed by atoms with van der Waals surface area (Å²) < 4.78 is 0. The van der Waals surface area contributed by atoms with Crippen LogP contribution in [0.5, 0.6) is 0 Å². The summed E-state index contributed by atoms with van der Waals surface area (Å²) >= 11 is 7.12. The number of hydrogen-bond donors (Lipinski definition) is 2. The molecule has 5 nitrogen and oxygen atoms in total. The summed E-state index contributed by atoms with van der Waals surface area (Å²) in [5, 5.41) is 12.6. The Morgan fingerprint density at radius 1 is 1.35 bits per heavy atom. The number of anilines is 1. The lowest BCUT2D eigenvalue weighted by Crippen LogP contribution is -2.12. The number of carboxylic acids is 1. The van der Waals surface area contributed by atoms with Crippen molar-refractivity contribution in [1.29, 1.82) is 0 Å². The lowest BCUT2D eigenvalue weighted by molar-refractivity contribution is 0.0696. The van der Waals surface area contributed by atoms with Crippen LogP contribution >= 0.6 is 22.9 Å². The van der Waals surface area contributed by atoms with Crippen LogP contribution in [0, 0.1) is 13.8 Å². The number of carboxylic acid groups (broad SMARTS) is 1. The first-order valence-corrected chi connectivity index (χ1v) is 6.85. The zero-order valence-electron chi connectivity index (χ0n) is 10.7. The Bertz CT molecular complexity index is 697. The smallest absolute Gasteiger partial charge is 0.337 e. The van der Waals surface area contributed by atoms with Gasteiger partial charge in [0.05, 0.1) is 21.8 Å². The number of halogens is 1. The van der Waals surface area contributed by atoms with Crippen LogP contribution < -0.4 is 5.32 Å². The van der Waals surface area contributed by atoms with Gasteiger partial charge in [-0.3, -0.25) is 4.79 Å². The predicted molar refractivity (Wildman–Crippen MR) is 78.0 cm³/mol. The van der Waals surface area contributed by atoms with E-state index in [1.807, 2.05) is 0 Å². The van der Waals surface area contributed by atoms with E-state index in [4.69, 9.17) is 16.7 Å². The highest BCUT2D eigenvalue weighted by Crippen LogP contribution is 2.26. The van der Waals surface area contributed by atoms with Gasteiger partial charge in [0.2, 0.25) is 0 Å². The van der Waals surface area contributed by atoms with Crippen molar-refractivity contribution in [1.82, 2.24) is 4.98 Å². The standard InChI is InChI=1S/C13H11ClN2O3S/c1-6-3-9(14)8(13(18)19)4-10(6)16-12(17)11-5-15-7(2)20-11/h3-5H,1-2H3,(H,16,17)(H,18,19). The second-order valence-corrected chi connectivity index (χ2v) is 5.79. The lowest BCUT2D eigenvalue weighted by atomic mass is 10.1. The first kappa shape index (κ1) is 14.5. The number of amides is 1. The summed E-state index contributed by atoms with van der Waals surface area (Å²) in [6.45, 7) is 3.54. The second kappa shape index (κ2) is 5.60. The van der Waals surface area contributed by atoms with Crippen LogP contribution in [0.25, 0.3) is 0 Å². The van der Waals surface area contributed by atoms with Crippen LogP contribution in [0.1, 0.15) is 30.6 Å². The molecule has 1 aromatic carbocycles. The number of carbonyl (C=O) groups excluding carboxylic acids is 1. The number of aromatic nitrogens is 1. The predicted octanol–water partition coefficient (Wildman–Crippen LogP) is 3.36. The Hall–Kier alpha value is -1.92. The number of hydrogen-bond acceptors (Lipinski definition) is 4. The maximum absolute atomic E-state index is 12.0. The fourth-order valence-electron chi connectivity index (χ4n) is 1.62. The maximum atomic E-state index is 12.0. The summed E-state index contributed by atoms with van der Waals surface area (Å²) in [6, 6.07) is 2.87. The largest absolute Gasteiger partial charge is 0.478 e. The Morgan fingerprint density at radius 3 is 2.60 bits per heavy atom. The molecule has 0 atom stereocenters. The normalized spacial score (nSPS) is 10.3. The molecule has 0 aliphatic carbocycles. The third-order valence-electron chi connectivity index (χ3n) is 2.64. The second-order valence-electron chi connectivity index (χ2n) is 4.15. The van der Waals surface area contributed by atoms with Gasteiger partial charge in [-0.25, -0.2) is 9.78 Å². The molecular weight excluding hydrogens is 300 g/mol. The quantitative estimate of drug-likeness (QED) is 0.911. The van der Waals surface area contributed by atoms with Crippen LogP contribution in [0.3, 0.4) is 0 Å². The van der Waals surface area contributed by atoms with Gasteiger partial charge in [0.15, 0.2) is 0 Å². The van der Waals surface area contributed by atoms with E-state index in [0.29, 0.717) is 16.1 Å². The Labute approximate surface area is 124 Å². The fraction of sp³-hybridized carbons (Fsp3) is 0.154. The van der Waals surface area contributed by atoms with Crippen molar-refractivity contribution in [2.75, 3.05) is 5.32 Å². The highest BCUT2D eigenvalue weighted by atomic mass is 35.5. The van der Waals surface area contributed by atoms with Crippen molar-refractivity contribution in [3.8, 4) is 0 Å². The summed E-state index contributed by atoms with van der Waals surface area (Å²) in [5.74, 6) is -1.46. The molecular formula is C13H11ClN2O3S. The minimum Gasteiger partial charge on any atom is -0.478 e. The number of aryl methyl sites for hydroxylation is 2. The molecule has 0 saturated heterocycles. The first-order valence-electron chi connectivity index (χ1n) is 5.65. The van der Waals surface area contributed by atoms with E-state index in [9.17, 15) is 9.59 Å². The molecule has 0 radical (unpaired) electrons. The van der Waals surface area contributed by atoms with Crippen LogP contribution in [-0.2, 0) is 0 Å². The average molecular weight is 311 g/mol. The van der Waals surface area contributed by atoms with Crippen molar-refractivity contribution in [2.45, 2.75) is 13.8 Å².